The summed E-state index contributed by atoms with van der Waals surface area (Å²) in [6, 6.07) is 0. The first-order valence-corrected chi connectivity index (χ1v) is 7.80. The minimum Gasteiger partial charge on any atom is -0.346 e. The molecule has 0 rings (SSSR count). The topological polar surface area (TPSA) is 60.4 Å². The standard InChI is InChI=1S/C12H22O4S/c1-3-4-5-6-7-8-9-10-11-12(13)16-17(2,14)15/h3H,1,4-11H2,2H3. The minimum atomic E-state index is -3.64. The van der Waals surface area contributed by atoms with Crippen LogP contribution in [0.2, 0.25) is 0 Å². The molecule has 0 aliphatic carbocycles. The van der Waals surface area contributed by atoms with Crippen molar-refractivity contribution >= 4 is 16.1 Å². The Labute approximate surface area is 104 Å². The molecule has 100 valence electrons. The lowest BCUT2D eigenvalue weighted by atomic mass is 10.1. The first-order valence-electron chi connectivity index (χ1n) is 5.99. The van der Waals surface area contributed by atoms with Crippen LogP contribution in [-0.4, -0.2) is 20.6 Å². The Hall–Kier alpha value is -0.840. The lowest BCUT2D eigenvalue weighted by Gasteiger charge is -2.02. The van der Waals surface area contributed by atoms with Gasteiger partial charge in [0.15, 0.2) is 0 Å². The zero-order valence-corrected chi connectivity index (χ0v) is 11.3. The number of carbonyl (C=O) groups excluding carboxylic acids is 1. The van der Waals surface area contributed by atoms with Gasteiger partial charge < -0.3 is 4.18 Å². The van der Waals surface area contributed by atoms with Gasteiger partial charge in [0, 0.05) is 6.42 Å². The molecule has 0 saturated carbocycles. The molecule has 0 unspecified atom stereocenters. The van der Waals surface area contributed by atoms with E-state index in [4.69, 9.17) is 0 Å². The Morgan fingerprint density at radius 1 is 1.12 bits per heavy atom. The lowest BCUT2D eigenvalue weighted by molar-refractivity contribution is -0.133. The van der Waals surface area contributed by atoms with Crippen LogP contribution >= 0.6 is 0 Å². The summed E-state index contributed by atoms with van der Waals surface area (Å²) in [5.41, 5.74) is 0. The monoisotopic (exact) mass is 262 g/mol. The van der Waals surface area contributed by atoms with Crippen LogP contribution in [0.1, 0.15) is 51.4 Å². The van der Waals surface area contributed by atoms with Gasteiger partial charge in [-0.1, -0.05) is 31.8 Å². The van der Waals surface area contributed by atoms with E-state index in [1.165, 1.54) is 12.8 Å². The second-order valence-corrected chi connectivity index (χ2v) is 5.68. The van der Waals surface area contributed by atoms with Crippen LogP contribution in [0.4, 0.5) is 0 Å². The maximum atomic E-state index is 11.0. The van der Waals surface area contributed by atoms with Crippen molar-refractivity contribution < 1.29 is 17.4 Å². The number of hydrogen-bond donors (Lipinski definition) is 0. The van der Waals surface area contributed by atoms with Crippen molar-refractivity contribution in [2.45, 2.75) is 51.4 Å². The van der Waals surface area contributed by atoms with Crippen molar-refractivity contribution in [1.29, 1.82) is 0 Å². The summed E-state index contributed by atoms with van der Waals surface area (Å²) < 4.78 is 25.5. The van der Waals surface area contributed by atoms with Gasteiger partial charge in [-0.2, -0.15) is 8.42 Å². The van der Waals surface area contributed by atoms with Crippen molar-refractivity contribution in [3.05, 3.63) is 12.7 Å². The molecule has 0 aliphatic rings. The zero-order valence-electron chi connectivity index (χ0n) is 10.5. The van der Waals surface area contributed by atoms with Crippen LogP contribution < -0.4 is 0 Å². The molecule has 0 heterocycles. The molecule has 0 saturated heterocycles. The van der Waals surface area contributed by atoms with Crippen molar-refractivity contribution in [3.8, 4) is 0 Å². The molecular weight excluding hydrogens is 240 g/mol. The van der Waals surface area contributed by atoms with Gasteiger partial charge >= 0.3 is 16.1 Å². The summed E-state index contributed by atoms with van der Waals surface area (Å²) in [6.45, 7) is 3.66. The van der Waals surface area contributed by atoms with E-state index in [9.17, 15) is 13.2 Å². The summed E-state index contributed by atoms with van der Waals surface area (Å²) in [7, 11) is -3.64. The van der Waals surface area contributed by atoms with Gasteiger partial charge in [-0.05, 0) is 19.3 Å². The number of rotatable bonds is 10. The Kier molecular flexibility index (Phi) is 8.76. The quantitative estimate of drug-likeness (QED) is 0.345. The highest BCUT2D eigenvalue weighted by molar-refractivity contribution is 7.86. The fourth-order valence-electron chi connectivity index (χ4n) is 1.48. The molecule has 0 bridgehead atoms. The number of unbranched alkanes of at least 4 members (excludes halogenated alkanes) is 6. The van der Waals surface area contributed by atoms with Crippen LogP contribution in [0.15, 0.2) is 12.7 Å². The molecule has 0 amide bonds. The molecule has 0 fully saturated rings. The highest BCUT2D eigenvalue weighted by Gasteiger charge is 2.09. The lowest BCUT2D eigenvalue weighted by Crippen LogP contribution is -2.10. The first kappa shape index (κ1) is 16.2. The third kappa shape index (κ3) is 13.1. The summed E-state index contributed by atoms with van der Waals surface area (Å²) in [4.78, 5) is 11.0. The van der Waals surface area contributed by atoms with Crippen molar-refractivity contribution in [1.82, 2.24) is 0 Å². The van der Waals surface area contributed by atoms with Gasteiger partial charge in [-0.3, -0.25) is 4.79 Å². The van der Waals surface area contributed by atoms with Crippen LogP contribution in [0.3, 0.4) is 0 Å². The average molecular weight is 262 g/mol. The number of carbonyl (C=O) groups is 1. The van der Waals surface area contributed by atoms with E-state index in [1.807, 2.05) is 6.08 Å². The van der Waals surface area contributed by atoms with E-state index < -0.39 is 16.1 Å². The molecule has 17 heavy (non-hydrogen) atoms. The molecule has 0 aromatic heterocycles. The summed E-state index contributed by atoms with van der Waals surface area (Å²) >= 11 is 0. The molecule has 0 atom stereocenters. The summed E-state index contributed by atoms with van der Waals surface area (Å²) in [5, 5.41) is 0. The number of hydrogen-bond acceptors (Lipinski definition) is 4. The molecule has 0 radical (unpaired) electrons. The molecule has 0 aromatic rings. The molecule has 0 aromatic carbocycles. The molecule has 0 spiro atoms. The molecule has 4 nitrogen and oxygen atoms in total. The Balaban J connectivity index is 3.34. The fourth-order valence-corrected chi connectivity index (χ4v) is 1.90. The minimum absolute atomic E-state index is 0.180. The molecule has 5 heteroatoms. The normalized spacial score (nSPS) is 11.1. The fraction of sp³-hybridized carbons (Fsp3) is 0.750. The van der Waals surface area contributed by atoms with Crippen molar-refractivity contribution in [2.75, 3.05) is 6.26 Å². The highest BCUT2D eigenvalue weighted by atomic mass is 32.2. The van der Waals surface area contributed by atoms with Gasteiger partial charge in [0.25, 0.3) is 0 Å². The van der Waals surface area contributed by atoms with E-state index in [0.29, 0.717) is 6.42 Å². The van der Waals surface area contributed by atoms with E-state index in [1.54, 1.807) is 0 Å². The van der Waals surface area contributed by atoms with Crippen LogP contribution in [0.5, 0.6) is 0 Å². The smallest absolute Gasteiger partial charge is 0.322 e. The third-order valence-corrected chi connectivity index (χ3v) is 2.77. The second kappa shape index (κ2) is 9.22. The predicted octanol–water partition coefficient (Wildman–Crippen LogP) is 2.80. The Bertz CT molecular complexity index is 319. The van der Waals surface area contributed by atoms with E-state index in [2.05, 4.69) is 10.8 Å². The Morgan fingerprint density at radius 3 is 2.18 bits per heavy atom. The van der Waals surface area contributed by atoms with Crippen LogP contribution in [-0.2, 0) is 19.1 Å². The van der Waals surface area contributed by atoms with Crippen LogP contribution in [0, 0.1) is 0 Å². The average Bonchev–Trinajstić information content (AvgIpc) is 2.19. The largest absolute Gasteiger partial charge is 0.346 e. The third-order valence-electron chi connectivity index (χ3n) is 2.28. The SMILES string of the molecule is C=CCCCCCCCCC(=O)OS(C)(=O)=O. The maximum Gasteiger partial charge on any atom is 0.322 e. The maximum absolute atomic E-state index is 11.0. The molecule has 0 N–H and O–H groups in total. The van der Waals surface area contributed by atoms with Crippen molar-refractivity contribution in [3.63, 3.8) is 0 Å². The zero-order chi connectivity index (χ0) is 13.1. The molecular formula is C12H22O4S. The van der Waals surface area contributed by atoms with Gasteiger partial charge in [0.2, 0.25) is 0 Å². The van der Waals surface area contributed by atoms with Crippen LogP contribution in [0.25, 0.3) is 0 Å². The van der Waals surface area contributed by atoms with Gasteiger partial charge in [0.05, 0.1) is 6.26 Å². The predicted molar refractivity (Wildman–Crippen MR) is 68.1 cm³/mol. The number of allylic oxidation sites excluding steroid dienone is 1. The van der Waals surface area contributed by atoms with E-state index in [-0.39, 0.29) is 6.42 Å². The van der Waals surface area contributed by atoms with Crippen molar-refractivity contribution in [2.24, 2.45) is 0 Å². The molecule has 0 aliphatic heterocycles. The summed E-state index contributed by atoms with van der Waals surface area (Å²) in [5.74, 6) is -0.654. The van der Waals surface area contributed by atoms with Gasteiger partial charge in [-0.15, -0.1) is 6.58 Å². The summed E-state index contributed by atoms with van der Waals surface area (Å²) in [6.07, 6.45) is 10.2. The van der Waals surface area contributed by atoms with Gasteiger partial charge in [-0.25, -0.2) is 0 Å². The van der Waals surface area contributed by atoms with E-state index >= 15 is 0 Å². The van der Waals surface area contributed by atoms with Gasteiger partial charge in [0.1, 0.15) is 0 Å². The van der Waals surface area contributed by atoms with E-state index in [0.717, 1.165) is 31.9 Å². The second-order valence-electron chi connectivity index (χ2n) is 4.11. The first-order chi connectivity index (χ1) is 7.95. The Morgan fingerprint density at radius 2 is 1.65 bits per heavy atom. The highest BCUT2D eigenvalue weighted by Crippen LogP contribution is 2.09.